The van der Waals surface area contributed by atoms with Gasteiger partial charge in [-0.2, -0.15) is 0 Å². The van der Waals surface area contributed by atoms with Crippen LogP contribution in [0.25, 0.3) is 0 Å². The first-order valence-electron chi connectivity index (χ1n) is 6.02. The fourth-order valence-electron chi connectivity index (χ4n) is 1.69. The highest BCUT2D eigenvalue weighted by Crippen LogP contribution is 2.15. The van der Waals surface area contributed by atoms with Gasteiger partial charge in [0.25, 0.3) is 0 Å². The summed E-state index contributed by atoms with van der Waals surface area (Å²) >= 11 is 0. The zero-order valence-corrected chi connectivity index (χ0v) is 11.1. The van der Waals surface area contributed by atoms with Gasteiger partial charge < -0.3 is 19.5 Å². The van der Waals surface area contributed by atoms with Gasteiger partial charge in [-0.3, -0.25) is 0 Å². The van der Waals surface area contributed by atoms with Crippen LogP contribution in [-0.2, 0) is 9.47 Å². The van der Waals surface area contributed by atoms with Crippen molar-refractivity contribution in [2.75, 3.05) is 26.3 Å². The number of aliphatic hydroxyl groups excluding tert-OH is 1. The largest absolute Gasteiger partial charge is 0.444 e. The molecule has 0 aliphatic carbocycles. The molecular weight excluding hydrogens is 222 g/mol. The standard InChI is InChI=1S/C12H23NO4/c1-9-5-13(6-10(7-14)16-8-9)11(15)17-12(2,3)4/h9-10,14H,5-8H2,1-4H3/t9?,10-/m0/s1. The molecule has 0 aromatic rings. The van der Waals surface area contributed by atoms with Crippen LogP contribution in [0.5, 0.6) is 0 Å². The number of ether oxygens (including phenoxy) is 2. The second-order valence-corrected chi connectivity index (χ2v) is 5.63. The van der Waals surface area contributed by atoms with Gasteiger partial charge >= 0.3 is 6.09 Å². The summed E-state index contributed by atoms with van der Waals surface area (Å²) in [4.78, 5) is 13.6. The summed E-state index contributed by atoms with van der Waals surface area (Å²) in [6.45, 7) is 9.00. The molecule has 1 amide bonds. The van der Waals surface area contributed by atoms with E-state index < -0.39 is 5.60 Å². The lowest BCUT2D eigenvalue weighted by Gasteiger charge is -2.28. The molecule has 1 heterocycles. The Morgan fingerprint density at radius 2 is 2.12 bits per heavy atom. The Balaban J connectivity index is 2.63. The molecule has 0 spiro atoms. The van der Waals surface area contributed by atoms with Crippen molar-refractivity contribution in [3.8, 4) is 0 Å². The maximum absolute atomic E-state index is 11.9. The number of rotatable bonds is 1. The molecule has 1 rings (SSSR count). The molecule has 0 aromatic heterocycles. The predicted octanol–water partition coefficient (Wildman–Crippen LogP) is 1.25. The van der Waals surface area contributed by atoms with Gasteiger partial charge in [0.15, 0.2) is 0 Å². The molecule has 0 saturated carbocycles. The molecule has 100 valence electrons. The fraction of sp³-hybridized carbons (Fsp3) is 0.917. The Hall–Kier alpha value is -0.810. The van der Waals surface area contributed by atoms with Crippen LogP contribution in [0.2, 0.25) is 0 Å². The van der Waals surface area contributed by atoms with Crippen LogP contribution in [0.1, 0.15) is 27.7 Å². The molecule has 17 heavy (non-hydrogen) atoms. The van der Waals surface area contributed by atoms with Crippen LogP contribution >= 0.6 is 0 Å². The number of amides is 1. The van der Waals surface area contributed by atoms with Gasteiger partial charge in [0.1, 0.15) is 5.60 Å². The van der Waals surface area contributed by atoms with Crippen molar-refractivity contribution < 1.29 is 19.4 Å². The first-order valence-corrected chi connectivity index (χ1v) is 6.02. The Morgan fingerprint density at radius 1 is 1.47 bits per heavy atom. The second-order valence-electron chi connectivity index (χ2n) is 5.63. The van der Waals surface area contributed by atoms with E-state index in [2.05, 4.69) is 0 Å². The Bertz CT molecular complexity index is 262. The predicted molar refractivity (Wildman–Crippen MR) is 63.8 cm³/mol. The number of aliphatic hydroxyl groups is 1. The average molecular weight is 245 g/mol. The number of hydrogen-bond acceptors (Lipinski definition) is 4. The van der Waals surface area contributed by atoms with Crippen LogP contribution in [0.15, 0.2) is 0 Å². The number of hydrogen-bond donors (Lipinski definition) is 1. The molecular formula is C12H23NO4. The third kappa shape index (κ3) is 4.91. The topological polar surface area (TPSA) is 59.0 Å². The SMILES string of the molecule is CC1CO[C@H](CO)CN(C(=O)OC(C)(C)C)C1. The molecule has 0 radical (unpaired) electrons. The second kappa shape index (κ2) is 5.69. The lowest BCUT2D eigenvalue weighted by atomic mass is 10.2. The molecule has 5 heteroatoms. The Labute approximate surface area is 103 Å². The van der Waals surface area contributed by atoms with Crippen LogP contribution in [0.4, 0.5) is 4.79 Å². The first-order chi connectivity index (χ1) is 7.81. The lowest BCUT2D eigenvalue weighted by molar-refractivity contribution is -0.00299. The smallest absolute Gasteiger partial charge is 0.410 e. The van der Waals surface area contributed by atoms with E-state index in [0.717, 1.165) is 0 Å². The maximum atomic E-state index is 11.9. The molecule has 0 aromatic carbocycles. The van der Waals surface area contributed by atoms with Crippen molar-refractivity contribution in [3.63, 3.8) is 0 Å². The monoisotopic (exact) mass is 245 g/mol. The summed E-state index contributed by atoms with van der Waals surface area (Å²) in [6, 6.07) is 0. The summed E-state index contributed by atoms with van der Waals surface area (Å²) in [5.41, 5.74) is -0.498. The van der Waals surface area contributed by atoms with Gasteiger partial charge in [0.2, 0.25) is 0 Å². The number of carbonyl (C=O) groups excluding carboxylic acids is 1. The van der Waals surface area contributed by atoms with E-state index in [1.807, 2.05) is 27.7 Å². The van der Waals surface area contributed by atoms with E-state index in [9.17, 15) is 4.79 Å². The van der Waals surface area contributed by atoms with Crippen molar-refractivity contribution in [3.05, 3.63) is 0 Å². The van der Waals surface area contributed by atoms with Crippen LogP contribution in [-0.4, -0.2) is 54.1 Å². The van der Waals surface area contributed by atoms with Crippen molar-refractivity contribution in [2.24, 2.45) is 5.92 Å². The van der Waals surface area contributed by atoms with Crippen molar-refractivity contribution in [1.29, 1.82) is 0 Å². The Morgan fingerprint density at radius 3 is 2.65 bits per heavy atom. The number of nitrogens with zero attached hydrogens (tertiary/aromatic N) is 1. The van der Waals surface area contributed by atoms with Crippen molar-refractivity contribution in [2.45, 2.75) is 39.4 Å². The summed E-state index contributed by atoms with van der Waals surface area (Å²) < 4.78 is 10.8. The lowest BCUT2D eigenvalue weighted by Crippen LogP contribution is -2.42. The van der Waals surface area contributed by atoms with Gasteiger partial charge in [-0.15, -0.1) is 0 Å². The van der Waals surface area contributed by atoms with E-state index in [0.29, 0.717) is 19.7 Å². The summed E-state index contributed by atoms with van der Waals surface area (Å²) in [5.74, 6) is 0.249. The summed E-state index contributed by atoms with van der Waals surface area (Å²) in [6.07, 6.45) is -0.652. The van der Waals surface area contributed by atoms with E-state index in [1.54, 1.807) is 4.90 Å². The normalized spacial score (nSPS) is 26.5. The van der Waals surface area contributed by atoms with E-state index in [-0.39, 0.29) is 24.7 Å². The molecule has 1 saturated heterocycles. The van der Waals surface area contributed by atoms with E-state index in [4.69, 9.17) is 14.6 Å². The maximum Gasteiger partial charge on any atom is 0.410 e. The summed E-state index contributed by atoms with van der Waals surface area (Å²) in [5, 5.41) is 9.13. The highest BCUT2D eigenvalue weighted by molar-refractivity contribution is 5.68. The Kier molecular flexibility index (Phi) is 4.77. The average Bonchev–Trinajstić information content (AvgIpc) is 2.37. The fourth-order valence-corrected chi connectivity index (χ4v) is 1.69. The third-order valence-electron chi connectivity index (χ3n) is 2.43. The highest BCUT2D eigenvalue weighted by Gasteiger charge is 2.28. The summed E-state index contributed by atoms with van der Waals surface area (Å²) in [7, 11) is 0. The van der Waals surface area contributed by atoms with Crippen LogP contribution in [0, 0.1) is 5.92 Å². The third-order valence-corrected chi connectivity index (χ3v) is 2.43. The molecule has 5 nitrogen and oxygen atoms in total. The van der Waals surface area contributed by atoms with Gasteiger partial charge in [0, 0.05) is 6.54 Å². The molecule has 1 fully saturated rings. The van der Waals surface area contributed by atoms with Crippen molar-refractivity contribution in [1.82, 2.24) is 4.90 Å². The highest BCUT2D eigenvalue weighted by atomic mass is 16.6. The van der Waals surface area contributed by atoms with Crippen LogP contribution < -0.4 is 0 Å². The van der Waals surface area contributed by atoms with E-state index >= 15 is 0 Å². The minimum Gasteiger partial charge on any atom is -0.444 e. The van der Waals surface area contributed by atoms with Gasteiger partial charge in [-0.25, -0.2) is 4.79 Å². The molecule has 1 aliphatic rings. The van der Waals surface area contributed by atoms with E-state index in [1.165, 1.54) is 0 Å². The van der Waals surface area contributed by atoms with Gasteiger partial charge in [-0.05, 0) is 26.7 Å². The van der Waals surface area contributed by atoms with Gasteiger partial charge in [-0.1, -0.05) is 6.92 Å². The first kappa shape index (κ1) is 14.3. The van der Waals surface area contributed by atoms with Gasteiger partial charge in [0.05, 0.1) is 25.9 Å². The minimum absolute atomic E-state index is 0.0774. The molecule has 1 N–H and O–H groups in total. The quantitative estimate of drug-likeness (QED) is 0.755. The molecule has 0 bridgehead atoms. The van der Waals surface area contributed by atoms with Crippen molar-refractivity contribution >= 4 is 6.09 Å². The molecule has 1 aliphatic heterocycles. The molecule has 1 unspecified atom stereocenters. The van der Waals surface area contributed by atoms with Crippen LogP contribution in [0.3, 0.4) is 0 Å². The zero-order chi connectivity index (χ0) is 13.1. The zero-order valence-electron chi connectivity index (χ0n) is 11.1. The number of carbonyl (C=O) groups is 1. The molecule has 2 atom stereocenters. The minimum atomic E-state index is -0.498.